The highest BCUT2D eigenvalue weighted by molar-refractivity contribution is 14.0. The Morgan fingerprint density at radius 2 is 2.07 bits per heavy atom. The molecule has 1 saturated heterocycles. The smallest absolute Gasteiger partial charge is 0.193 e. The number of hydrogen-bond acceptors (Lipinski definition) is 3. The van der Waals surface area contributed by atoms with Crippen LogP contribution in [0.15, 0.2) is 48.0 Å². The third kappa shape index (κ3) is 6.49. The highest BCUT2D eigenvalue weighted by Gasteiger charge is 2.21. The van der Waals surface area contributed by atoms with Crippen LogP contribution >= 0.6 is 24.0 Å². The van der Waals surface area contributed by atoms with Crippen LogP contribution < -0.4 is 5.32 Å². The van der Waals surface area contributed by atoms with E-state index in [0.717, 1.165) is 51.6 Å². The number of halogens is 1. The highest BCUT2D eigenvalue weighted by Crippen LogP contribution is 2.14. The summed E-state index contributed by atoms with van der Waals surface area (Å²) in [7, 11) is 1.85. The molecule has 7 heteroatoms. The molecule has 0 radical (unpaired) electrons. The standard InChI is InChI=1S/C20H29N5O.HI/c1-3-26-19-7-10-25(11-8-19)20(21-2)23-14-17-5-4-6-18(13-17)15-24-12-9-22-16-24;/h4-6,9,12-13,16,19H,3,7-8,10-11,14-15H2,1-2H3,(H,21,23);1H. The zero-order valence-corrected chi connectivity index (χ0v) is 18.5. The quantitative estimate of drug-likeness (QED) is 0.390. The maximum Gasteiger partial charge on any atom is 0.193 e. The number of hydrogen-bond donors (Lipinski definition) is 1. The van der Waals surface area contributed by atoms with Gasteiger partial charge in [0.2, 0.25) is 0 Å². The van der Waals surface area contributed by atoms with Crippen molar-refractivity contribution in [3.05, 3.63) is 54.1 Å². The van der Waals surface area contributed by atoms with Gasteiger partial charge >= 0.3 is 0 Å². The molecule has 27 heavy (non-hydrogen) atoms. The lowest BCUT2D eigenvalue weighted by atomic mass is 10.1. The number of nitrogens with one attached hydrogen (secondary N) is 1. The number of benzene rings is 1. The lowest BCUT2D eigenvalue weighted by molar-refractivity contribution is 0.0263. The zero-order valence-electron chi connectivity index (χ0n) is 16.2. The van der Waals surface area contributed by atoms with Crippen LogP contribution in [0.2, 0.25) is 0 Å². The lowest BCUT2D eigenvalue weighted by Crippen LogP contribution is -2.46. The first-order valence-corrected chi connectivity index (χ1v) is 9.39. The van der Waals surface area contributed by atoms with Gasteiger partial charge in [-0.15, -0.1) is 24.0 Å². The first-order valence-electron chi connectivity index (χ1n) is 9.39. The summed E-state index contributed by atoms with van der Waals surface area (Å²) >= 11 is 0. The predicted molar refractivity (Wildman–Crippen MR) is 120 cm³/mol. The molecule has 0 aliphatic carbocycles. The van der Waals surface area contributed by atoms with Gasteiger partial charge in [-0.3, -0.25) is 4.99 Å². The second-order valence-electron chi connectivity index (χ2n) is 6.60. The van der Waals surface area contributed by atoms with E-state index in [1.165, 1.54) is 11.1 Å². The van der Waals surface area contributed by atoms with Gasteiger partial charge in [-0.1, -0.05) is 24.3 Å². The molecule has 1 fully saturated rings. The van der Waals surface area contributed by atoms with Crippen molar-refractivity contribution in [2.24, 2.45) is 4.99 Å². The van der Waals surface area contributed by atoms with Crippen LogP contribution in [-0.2, 0) is 17.8 Å². The fraction of sp³-hybridized carbons (Fsp3) is 0.500. The van der Waals surface area contributed by atoms with Gasteiger partial charge in [0.15, 0.2) is 5.96 Å². The van der Waals surface area contributed by atoms with Crippen molar-refractivity contribution in [1.29, 1.82) is 0 Å². The van der Waals surface area contributed by atoms with E-state index < -0.39 is 0 Å². The molecular formula is C20H30IN5O. The summed E-state index contributed by atoms with van der Waals surface area (Å²) < 4.78 is 7.81. The van der Waals surface area contributed by atoms with Crippen LogP contribution in [-0.4, -0.2) is 53.3 Å². The monoisotopic (exact) mass is 483 g/mol. The van der Waals surface area contributed by atoms with E-state index in [4.69, 9.17) is 4.74 Å². The van der Waals surface area contributed by atoms with Crippen molar-refractivity contribution in [3.8, 4) is 0 Å². The van der Waals surface area contributed by atoms with E-state index in [2.05, 4.69) is 55.9 Å². The summed E-state index contributed by atoms with van der Waals surface area (Å²) in [5.74, 6) is 0.972. The van der Waals surface area contributed by atoms with E-state index in [9.17, 15) is 0 Å². The number of nitrogens with zero attached hydrogens (tertiary/aromatic N) is 4. The number of likely N-dealkylation sites (tertiary alicyclic amines) is 1. The van der Waals surface area contributed by atoms with Gasteiger partial charge < -0.3 is 19.5 Å². The normalized spacial score (nSPS) is 15.5. The first-order chi connectivity index (χ1) is 12.8. The average Bonchev–Trinajstić information content (AvgIpc) is 3.17. The van der Waals surface area contributed by atoms with Crippen LogP contribution in [0.25, 0.3) is 0 Å². The molecule has 1 aromatic carbocycles. The topological polar surface area (TPSA) is 54.7 Å². The second kappa shape index (κ2) is 11.3. The minimum atomic E-state index is 0. The van der Waals surface area contributed by atoms with E-state index in [1.54, 1.807) is 0 Å². The molecule has 0 atom stereocenters. The van der Waals surface area contributed by atoms with Crippen molar-refractivity contribution in [1.82, 2.24) is 19.8 Å². The van der Waals surface area contributed by atoms with Gasteiger partial charge in [-0.2, -0.15) is 0 Å². The van der Waals surface area contributed by atoms with Crippen LogP contribution in [0.3, 0.4) is 0 Å². The summed E-state index contributed by atoms with van der Waals surface area (Å²) in [4.78, 5) is 10.9. The molecular weight excluding hydrogens is 453 g/mol. The Bertz CT molecular complexity index is 696. The molecule has 2 aromatic rings. The van der Waals surface area contributed by atoms with E-state index in [1.807, 2.05) is 25.8 Å². The number of piperidine rings is 1. The molecule has 6 nitrogen and oxygen atoms in total. The van der Waals surface area contributed by atoms with Crippen molar-refractivity contribution < 1.29 is 4.74 Å². The largest absolute Gasteiger partial charge is 0.378 e. The highest BCUT2D eigenvalue weighted by atomic mass is 127. The molecule has 1 N–H and O–H groups in total. The number of aromatic nitrogens is 2. The van der Waals surface area contributed by atoms with Gasteiger partial charge in [0.1, 0.15) is 0 Å². The number of guanidine groups is 1. The van der Waals surface area contributed by atoms with Gasteiger partial charge in [0.25, 0.3) is 0 Å². The minimum absolute atomic E-state index is 0. The maximum atomic E-state index is 5.74. The molecule has 1 aliphatic heterocycles. The molecule has 3 rings (SSSR count). The maximum absolute atomic E-state index is 5.74. The number of rotatable bonds is 6. The van der Waals surface area contributed by atoms with E-state index in [0.29, 0.717) is 6.10 Å². The fourth-order valence-corrected chi connectivity index (χ4v) is 3.41. The van der Waals surface area contributed by atoms with Crippen LogP contribution in [0.4, 0.5) is 0 Å². The van der Waals surface area contributed by atoms with Gasteiger partial charge in [-0.25, -0.2) is 4.98 Å². The number of imidazole rings is 1. The Morgan fingerprint density at radius 1 is 1.30 bits per heavy atom. The zero-order chi connectivity index (χ0) is 18.2. The molecule has 0 amide bonds. The molecule has 0 bridgehead atoms. The van der Waals surface area contributed by atoms with Gasteiger partial charge in [0, 0.05) is 52.2 Å². The molecule has 0 spiro atoms. The van der Waals surface area contributed by atoms with Crippen molar-refractivity contribution >= 4 is 29.9 Å². The fourth-order valence-electron chi connectivity index (χ4n) is 3.41. The summed E-state index contributed by atoms with van der Waals surface area (Å²) in [5.41, 5.74) is 2.53. The van der Waals surface area contributed by atoms with Gasteiger partial charge in [0.05, 0.1) is 12.4 Å². The Labute approximate surface area is 179 Å². The summed E-state index contributed by atoms with van der Waals surface area (Å²) in [6, 6.07) is 8.65. The van der Waals surface area contributed by atoms with Crippen molar-refractivity contribution in [2.45, 2.75) is 39.0 Å². The Morgan fingerprint density at radius 3 is 2.74 bits per heavy atom. The molecule has 148 valence electrons. The predicted octanol–water partition coefficient (Wildman–Crippen LogP) is 3.13. The van der Waals surface area contributed by atoms with Crippen molar-refractivity contribution in [3.63, 3.8) is 0 Å². The molecule has 1 aliphatic rings. The van der Waals surface area contributed by atoms with Crippen molar-refractivity contribution in [2.75, 3.05) is 26.7 Å². The molecule has 1 aromatic heterocycles. The Kier molecular flexibility index (Phi) is 9.06. The first kappa shape index (κ1) is 21.7. The third-order valence-electron chi connectivity index (χ3n) is 4.72. The Hall–Kier alpha value is -1.61. The summed E-state index contributed by atoms with van der Waals surface area (Å²) in [6.07, 6.45) is 8.17. The van der Waals surface area contributed by atoms with Crippen LogP contribution in [0, 0.1) is 0 Å². The van der Waals surface area contributed by atoms with Gasteiger partial charge in [-0.05, 0) is 30.9 Å². The van der Waals surface area contributed by atoms with E-state index in [-0.39, 0.29) is 24.0 Å². The SMILES string of the molecule is CCOC1CCN(C(=NC)NCc2cccc(Cn3ccnc3)c2)CC1.I. The van der Waals surface area contributed by atoms with Crippen LogP contribution in [0.5, 0.6) is 0 Å². The number of aliphatic imine (C=N–C) groups is 1. The molecule has 2 heterocycles. The lowest BCUT2D eigenvalue weighted by Gasteiger charge is -2.34. The number of ether oxygens (including phenoxy) is 1. The second-order valence-corrected chi connectivity index (χ2v) is 6.60. The minimum Gasteiger partial charge on any atom is -0.378 e. The van der Waals surface area contributed by atoms with E-state index >= 15 is 0 Å². The molecule has 0 unspecified atom stereocenters. The van der Waals surface area contributed by atoms with Crippen LogP contribution in [0.1, 0.15) is 30.9 Å². The Balaban J connectivity index is 0.00000261. The average molecular weight is 483 g/mol. The third-order valence-corrected chi connectivity index (χ3v) is 4.72. The summed E-state index contributed by atoms with van der Waals surface area (Å²) in [5, 5.41) is 3.50. The summed E-state index contributed by atoms with van der Waals surface area (Å²) in [6.45, 7) is 6.46. The molecule has 0 saturated carbocycles.